The van der Waals surface area contributed by atoms with Crippen LogP contribution in [0.4, 0.5) is 0 Å². The summed E-state index contributed by atoms with van der Waals surface area (Å²) in [5.41, 5.74) is 0.737. The molecule has 0 unspecified atom stereocenters. The molecule has 1 N–H and O–H groups in total. The molecule has 108 valence electrons. The maximum Gasteiger partial charge on any atom is 0.176 e. The van der Waals surface area contributed by atoms with Crippen molar-refractivity contribution >= 4 is 27.5 Å². The molecule has 0 saturated heterocycles. The minimum absolute atomic E-state index is 0.0653. The number of nitrogens with zero attached hydrogens (tertiary/aromatic N) is 2. The summed E-state index contributed by atoms with van der Waals surface area (Å²) in [5.74, 6) is 1.81. The standard InChI is InChI=1S/C13H14BrClN2O3/c1-17-11(15)5-16-12(17)7-20-13-9(14)3-8(6-18)4-10(13)19-2/h3-5,18H,6-7H2,1-2H3. The Morgan fingerprint density at radius 2 is 2.20 bits per heavy atom. The fraction of sp³-hybridized carbons (Fsp3) is 0.308. The van der Waals surface area contributed by atoms with Crippen LogP contribution >= 0.6 is 27.5 Å². The lowest BCUT2D eigenvalue weighted by atomic mass is 10.2. The molecule has 0 radical (unpaired) electrons. The topological polar surface area (TPSA) is 56.5 Å². The number of imidazole rings is 1. The van der Waals surface area contributed by atoms with Gasteiger partial charge in [-0.25, -0.2) is 4.98 Å². The average Bonchev–Trinajstić information content (AvgIpc) is 2.76. The third-order valence-electron chi connectivity index (χ3n) is 2.85. The van der Waals surface area contributed by atoms with Crippen LogP contribution in [0.25, 0.3) is 0 Å². The second kappa shape index (κ2) is 6.47. The summed E-state index contributed by atoms with van der Waals surface area (Å²) in [6.45, 7) is 0.195. The van der Waals surface area contributed by atoms with E-state index in [0.29, 0.717) is 26.9 Å². The smallest absolute Gasteiger partial charge is 0.176 e. The summed E-state index contributed by atoms with van der Waals surface area (Å²) < 4.78 is 13.5. The highest BCUT2D eigenvalue weighted by atomic mass is 79.9. The van der Waals surface area contributed by atoms with E-state index in [-0.39, 0.29) is 13.2 Å². The van der Waals surface area contributed by atoms with Crippen molar-refractivity contribution < 1.29 is 14.6 Å². The van der Waals surface area contributed by atoms with Crippen LogP contribution in [0.2, 0.25) is 5.15 Å². The third kappa shape index (κ3) is 3.08. The molecule has 0 aliphatic carbocycles. The molecule has 7 heteroatoms. The molecular formula is C13H14BrClN2O3. The fourth-order valence-corrected chi connectivity index (χ4v) is 2.45. The average molecular weight is 362 g/mol. The minimum atomic E-state index is -0.0653. The number of hydrogen-bond acceptors (Lipinski definition) is 4. The number of rotatable bonds is 5. The zero-order valence-electron chi connectivity index (χ0n) is 11.1. The van der Waals surface area contributed by atoms with Gasteiger partial charge in [-0.15, -0.1) is 0 Å². The van der Waals surface area contributed by atoms with Crippen LogP contribution in [0.1, 0.15) is 11.4 Å². The van der Waals surface area contributed by atoms with Crippen LogP contribution in [0, 0.1) is 0 Å². The highest BCUT2D eigenvalue weighted by Crippen LogP contribution is 2.37. The molecular weight excluding hydrogens is 348 g/mol. The predicted octanol–water partition coefficient (Wildman–Crippen LogP) is 2.92. The van der Waals surface area contributed by atoms with Crippen molar-refractivity contribution in [3.05, 3.63) is 39.3 Å². The molecule has 5 nitrogen and oxygen atoms in total. The van der Waals surface area contributed by atoms with Gasteiger partial charge in [-0.05, 0) is 33.6 Å². The number of methoxy groups -OCH3 is 1. The van der Waals surface area contributed by atoms with Crippen molar-refractivity contribution in [1.82, 2.24) is 9.55 Å². The van der Waals surface area contributed by atoms with Gasteiger partial charge in [0.25, 0.3) is 0 Å². The van der Waals surface area contributed by atoms with Crippen LogP contribution in [0.3, 0.4) is 0 Å². The second-order valence-electron chi connectivity index (χ2n) is 4.11. The molecule has 0 atom stereocenters. The molecule has 0 bridgehead atoms. The molecule has 0 aliphatic rings. The largest absolute Gasteiger partial charge is 0.493 e. The van der Waals surface area contributed by atoms with Crippen LogP contribution < -0.4 is 9.47 Å². The first-order valence-electron chi connectivity index (χ1n) is 5.83. The number of hydrogen-bond donors (Lipinski definition) is 1. The lowest BCUT2D eigenvalue weighted by molar-refractivity contribution is 0.266. The lowest BCUT2D eigenvalue weighted by Gasteiger charge is -2.13. The van der Waals surface area contributed by atoms with Gasteiger partial charge in [-0.3, -0.25) is 0 Å². The molecule has 2 aromatic rings. The molecule has 0 fully saturated rings. The van der Waals surface area contributed by atoms with Crippen LogP contribution in [-0.2, 0) is 20.3 Å². The predicted molar refractivity (Wildman–Crippen MR) is 79.2 cm³/mol. The molecule has 20 heavy (non-hydrogen) atoms. The Balaban J connectivity index is 2.23. The maximum absolute atomic E-state index is 9.17. The summed E-state index contributed by atoms with van der Waals surface area (Å²) in [4.78, 5) is 4.16. The third-order valence-corrected chi connectivity index (χ3v) is 3.79. The van der Waals surface area contributed by atoms with Crippen molar-refractivity contribution in [2.45, 2.75) is 13.2 Å². The number of benzene rings is 1. The fourth-order valence-electron chi connectivity index (χ4n) is 1.70. The normalized spacial score (nSPS) is 10.7. The first-order chi connectivity index (χ1) is 9.56. The Kier molecular flexibility index (Phi) is 4.91. The molecule has 1 aromatic carbocycles. The van der Waals surface area contributed by atoms with Gasteiger partial charge in [0, 0.05) is 7.05 Å². The zero-order valence-corrected chi connectivity index (χ0v) is 13.4. The van der Waals surface area contributed by atoms with Crippen molar-refractivity contribution in [2.24, 2.45) is 7.05 Å². The van der Waals surface area contributed by atoms with Crippen molar-refractivity contribution in [2.75, 3.05) is 7.11 Å². The Bertz CT molecular complexity index is 616. The van der Waals surface area contributed by atoms with E-state index in [9.17, 15) is 5.11 Å². The van der Waals surface area contributed by atoms with Gasteiger partial charge in [0.05, 0.1) is 24.4 Å². The van der Waals surface area contributed by atoms with Gasteiger partial charge in [-0.2, -0.15) is 0 Å². The Hall–Kier alpha value is -1.24. The molecule has 2 rings (SSSR count). The first kappa shape index (κ1) is 15.2. The monoisotopic (exact) mass is 360 g/mol. The quantitative estimate of drug-likeness (QED) is 0.889. The Labute approximate surface area is 130 Å². The van der Waals surface area contributed by atoms with E-state index in [4.69, 9.17) is 21.1 Å². The van der Waals surface area contributed by atoms with E-state index in [2.05, 4.69) is 20.9 Å². The van der Waals surface area contributed by atoms with Crippen LogP contribution in [-0.4, -0.2) is 21.8 Å². The molecule has 0 saturated carbocycles. The van der Waals surface area contributed by atoms with E-state index in [1.807, 2.05) is 7.05 Å². The van der Waals surface area contributed by atoms with Crippen molar-refractivity contribution in [3.63, 3.8) is 0 Å². The van der Waals surface area contributed by atoms with Gasteiger partial charge in [0.2, 0.25) is 0 Å². The summed E-state index contributed by atoms with van der Waals surface area (Å²) in [6.07, 6.45) is 1.57. The summed E-state index contributed by atoms with van der Waals surface area (Å²) >= 11 is 9.33. The van der Waals surface area contributed by atoms with Crippen LogP contribution in [0.5, 0.6) is 11.5 Å². The van der Waals surface area contributed by atoms with Gasteiger partial charge >= 0.3 is 0 Å². The maximum atomic E-state index is 9.17. The van der Waals surface area contributed by atoms with Crippen molar-refractivity contribution in [1.29, 1.82) is 0 Å². The Morgan fingerprint density at radius 3 is 2.75 bits per heavy atom. The summed E-state index contributed by atoms with van der Waals surface area (Å²) in [6, 6.07) is 3.51. The highest BCUT2D eigenvalue weighted by Gasteiger charge is 2.13. The van der Waals surface area contributed by atoms with E-state index < -0.39 is 0 Å². The number of aromatic nitrogens is 2. The minimum Gasteiger partial charge on any atom is -0.493 e. The summed E-state index contributed by atoms with van der Waals surface area (Å²) in [5, 5.41) is 9.72. The molecule has 1 heterocycles. The van der Waals surface area contributed by atoms with E-state index in [1.54, 1.807) is 30.0 Å². The van der Waals surface area contributed by atoms with E-state index in [1.165, 1.54) is 0 Å². The SMILES string of the molecule is COc1cc(CO)cc(Br)c1OCc1ncc(Cl)n1C. The molecule has 0 aliphatic heterocycles. The first-order valence-corrected chi connectivity index (χ1v) is 7.00. The second-order valence-corrected chi connectivity index (χ2v) is 5.35. The van der Waals surface area contributed by atoms with Gasteiger partial charge in [0.1, 0.15) is 17.6 Å². The molecule has 1 aromatic heterocycles. The molecule has 0 amide bonds. The molecule has 0 spiro atoms. The van der Waals surface area contributed by atoms with Crippen molar-refractivity contribution in [3.8, 4) is 11.5 Å². The lowest BCUT2D eigenvalue weighted by Crippen LogP contribution is -2.05. The van der Waals surface area contributed by atoms with Crippen LogP contribution in [0.15, 0.2) is 22.8 Å². The highest BCUT2D eigenvalue weighted by molar-refractivity contribution is 9.10. The number of ether oxygens (including phenoxy) is 2. The van der Waals surface area contributed by atoms with Gasteiger partial charge < -0.3 is 19.1 Å². The van der Waals surface area contributed by atoms with E-state index >= 15 is 0 Å². The zero-order chi connectivity index (χ0) is 14.7. The van der Waals surface area contributed by atoms with Gasteiger partial charge in [0.15, 0.2) is 11.5 Å². The number of aliphatic hydroxyl groups is 1. The van der Waals surface area contributed by atoms with E-state index in [0.717, 1.165) is 5.56 Å². The Morgan fingerprint density at radius 1 is 1.45 bits per heavy atom. The number of halogens is 2. The number of aliphatic hydroxyl groups excluding tert-OH is 1. The summed E-state index contributed by atoms with van der Waals surface area (Å²) in [7, 11) is 3.36. The van der Waals surface area contributed by atoms with Gasteiger partial charge in [-0.1, -0.05) is 11.6 Å².